The second kappa shape index (κ2) is 11.0. The first-order valence-corrected chi connectivity index (χ1v) is 18.7. The SMILES string of the molecule is CCC[CH2][Sn](/[CH]=C/c1cc2cc(Cl)c(Cl)cc2[nH]1)([CH2]CCC)[CH2]CCC. The zero-order valence-corrected chi connectivity index (χ0v) is 20.9. The number of aromatic amines is 1. The second-order valence-electron chi connectivity index (χ2n) is 7.58. The zero-order chi connectivity index (χ0) is 19.0. The molecule has 0 saturated carbocycles. The van der Waals surface area contributed by atoms with E-state index < -0.39 is 18.4 Å². The van der Waals surface area contributed by atoms with Gasteiger partial charge < -0.3 is 0 Å². The van der Waals surface area contributed by atoms with Gasteiger partial charge in [-0.05, 0) is 0 Å². The van der Waals surface area contributed by atoms with Crippen molar-refractivity contribution < 1.29 is 0 Å². The van der Waals surface area contributed by atoms with Crippen LogP contribution in [0.1, 0.15) is 65.0 Å². The third kappa shape index (κ3) is 6.21. The van der Waals surface area contributed by atoms with Gasteiger partial charge in [0.2, 0.25) is 0 Å². The zero-order valence-electron chi connectivity index (χ0n) is 16.5. The molecule has 1 aromatic carbocycles. The van der Waals surface area contributed by atoms with Crippen LogP contribution >= 0.6 is 23.2 Å². The Morgan fingerprint density at radius 1 is 0.846 bits per heavy atom. The van der Waals surface area contributed by atoms with E-state index in [9.17, 15) is 0 Å². The first kappa shape index (κ1) is 22.2. The van der Waals surface area contributed by atoms with Crippen LogP contribution in [0.5, 0.6) is 0 Å². The van der Waals surface area contributed by atoms with Crippen molar-refractivity contribution in [2.24, 2.45) is 0 Å². The molecule has 26 heavy (non-hydrogen) atoms. The normalized spacial score (nSPS) is 12.5. The van der Waals surface area contributed by atoms with E-state index in [1.807, 2.05) is 12.1 Å². The topological polar surface area (TPSA) is 15.8 Å². The van der Waals surface area contributed by atoms with E-state index in [0.29, 0.717) is 10.0 Å². The van der Waals surface area contributed by atoms with Gasteiger partial charge in [-0.3, -0.25) is 0 Å². The summed E-state index contributed by atoms with van der Waals surface area (Å²) in [6.45, 7) is 6.97. The fraction of sp³-hybridized carbons (Fsp3) is 0.545. The van der Waals surface area contributed by atoms with Crippen LogP contribution in [0.4, 0.5) is 0 Å². The molecule has 4 heteroatoms. The minimum atomic E-state index is -2.23. The van der Waals surface area contributed by atoms with Crippen molar-refractivity contribution in [3.63, 3.8) is 0 Å². The summed E-state index contributed by atoms with van der Waals surface area (Å²) in [4.78, 5) is 3.51. The van der Waals surface area contributed by atoms with Crippen molar-refractivity contribution in [1.82, 2.24) is 4.98 Å². The van der Waals surface area contributed by atoms with Crippen molar-refractivity contribution >= 4 is 58.6 Å². The molecule has 0 atom stereocenters. The first-order chi connectivity index (χ1) is 12.5. The van der Waals surface area contributed by atoms with Gasteiger partial charge in [0, 0.05) is 0 Å². The molecule has 0 saturated heterocycles. The number of H-pyrrole nitrogens is 1. The van der Waals surface area contributed by atoms with Gasteiger partial charge in [0.25, 0.3) is 0 Å². The van der Waals surface area contributed by atoms with Gasteiger partial charge in [0.05, 0.1) is 0 Å². The molecule has 0 aliphatic carbocycles. The van der Waals surface area contributed by atoms with Crippen molar-refractivity contribution in [3.05, 3.63) is 38.0 Å². The van der Waals surface area contributed by atoms with Gasteiger partial charge in [0.15, 0.2) is 0 Å². The predicted octanol–water partition coefficient (Wildman–Crippen LogP) is 8.88. The van der Waals surface area contributed by atoms with E-state index in [2.05, 4.69) is 42.0 Å². The molecular weight excluding hydrogens is 468 g/mol. The Bertz CT molecular complexity index is 659. The van der Waals surface area contributed by atoms with Crippen LogP contribution in [0.3, 0.4) is 0 Å². The number of hydrogen-bond donors (Lipinski definition) is 1. The Balaban J connectivity index is 2.28. The van der Waals surface area contributed by atoms with Crippen LogP contribution in [0.15, 0.2) is 22.3 Å². The Morgan fingerprint density at radius 2 is 1.38 bits per heavy atom. The monoisotopic (exact) mass is 501 g/mol. The number of halogens is 2. The summed E-state index contributed by atoms with van der Waals surface area (Å²) in [5.41, 5.74) is 2.25. The van der Waals surface area contributed by atoms with Gasteiger partial charge in [0.1, 0.15) is 0 Å². The molecule has 144 valence electrons. The number of benzene rings is 1. The molecule has 2 rings (SSSR count). The third-order valence-electron chi connectivity index (χ3n) is 5.38. The van der Waals surface area contributed by atoms with Crippen LogP contribution in [0.2, 0.25) is 23.4 Å². The van der Waals surface area contributed by atoms with Gasteiger partial charge in [-0.1, -0.05) is 0 Å². The summed E-state index contributed by atoms with van der Waals surface area (Å²) >= 11 is 10.1. The standard InChI is InChI=1S/C10H6Cl2N.3C4H9.Sn/c1-2-7-3-6-4-8(11)9(12)5-10(6)13-7;3*1-3-4-2;/h1-5,13H;3*1,3-4H2,2H3;. The van der Waals surface area contributed by atoms with E-state index in [0.717, 1.165) is 10.9 Å². The molecule has 0 spiro atoms. The Kier molecular flexibility index (Phi) is 9.40. The van der Waals surface area contributed by atoms with E-state index in [1.165, 1.54) is 57.5 Å². The van der Waals surface area contributed by atoms with Gasteiger partial charge in [-0.2, -0.15) is 0 Å². The molecule has 0 radical (unpaired) electrons. The molecule has 0 bridgehead atoms. The number of nitrogens with one attached hydrogen (secondary N) is 1. The molecule has 0 aliphatic heterocycles. The minimum absolute atomic E-state index is 0.610. The van der Waals surface area contributed by atoms with Crippen LogP contribution < -0.4 is 0 Å². The molecule has 0 fully saturated rings. The van der Waals surface area contributed by atoms with Crippen molar-refractivity contribution in [2.45, 2.75) is 72.6 Å². The van der Waals surface area contributed by atoms with E-state index in [-0.39, 0.29) is 0 Å². The van der Waals surface area contributed by atoms with Crippen LogP contribution in [-0.4, -0.2) is 23.4 Å². The Morgan fingerprint density at radius 3 is 1.92 bits per heavy atom. The second-order valence-corrected chi connectivity index (χ2v) is 21.4. The summed E-state index contributed by atoms with van der Waals surface area (Å²) in [7, 11) is 0. The van der Waals surface area contributed by atoms with Crippen LogP contribution in [0.25, 0.3) is 17.0 Å². The predicted molar refractivity (Wildman–Crippen MR) is 122 cm³/mol. The quantitative estimate of drug-likeness (QED) is 0.296. The van der Waals surface area contributed by atoms with Crippen LogP contribution in [0, 0.1) is 0 Å². The van der Waals surface area contributed by atoms with Crippen molar-refractivity contribution in [3.8, 4) is 0 Å². The van der Waals surface area contributed by atoms with Gasteiger partial charge >= 0.3 is 174 Å². The van der Waals surface area contributed by atoms with Crippen molar-refractivity contribution in [2.75, 3.05) is 0 Å². The molecule has 1 N–H and O–H groups in total. The van der Waals surface area contributed by atoms with Gasteiger partial charge in [-0.15, -0.1) is 0 Å². The molecule has 0 amide bonds. The number of aromatic nitrogens is 1. The molecule has 0 unspecified atom stereocenters. The third-order valence-corrected chi connectivity index (χ3v) is 20.2. The maximum atomic E-state index is 6.16. The molecule has 2 aromatic rings. The van der Waals surface area contributed by atoms with Crippen LogP contribution in [-0.2, 0) is 0 Å². The maximum absolute atomic E-state index is 6.16. The molecule has 1 nitrogen and oxygen atoms in total. The number of rotatable bonds is 11. The van der Waals surface area contributed by atoms with Gasteiger partial charge in [-0.25, -0.2) is 0 Å². The average Bonchev–Trinajstić information content (AvgIpc) is 3.02. The summed E-state index contributed by atoms with van der Waals surface area (Å²) < 4.78 is 7.20. The average molecular weight is 501 g/mol. The summed E-state index contributed by atoms with van der Waals surface area (Å²) in [6, 6.07) is 6.08. The molecule has 0 aliphatic rings. The fourth-order valence-corrected chi connectivity index (χ4v) is 18.2. The number of hydrogen-bond acceptors (Lipinski definition) is 0. The van der Waals surface area contributed by atoms with E-state index >= 15 is 0 Å². The fourth-order valence-electron chi connectivity index (χ4n) is 3.72. The van der Waals surface area contributed by atoms with Crippen molar-refractivity contribution in [1.29, 1.82) is 0 Å². The van der Waals surface area contributed by atoms with E-state index in [4.69, 9.17) is 23.2 Å². The Labute approximate surface area is 173 Å². The summed E-state index contributed by atoms with van der Waals surface area (Å²) in [6.07, 6.45) is 10.5. The summed E-state index contributed by atoms with van der Waals surface area (Å²) in [5, 5.41) is 2.37. The number of unbranched alkanes of at least 4 members (excludes halogenated alkanes) is 3. The number of fused-ring (bicyclic) bond motifs is 1. The summed E-state index contributed by atoms with van der Waals surface area (Å²) in [5.74, 6) is 0. The first-order valence-electron chi connectivity index (χ1n) is 10.2. The molecule has 1 heterocycles. The van der Waals surface area contributed by atoms with E-state index in [1.54, 1.807) is 0 Å². The Hall–Kier alpha value is -0.121. The molecule has 1 aromatic heterocycles. The molecular formula is C22H33Cl2NSn.